The first-order valence-corrected chi connectivity index (χ1v) is 11.7. The third kappa shape index (κ3) is 6.49. The Kier molecular flexibility index (Phi) is 7.72. The van der Waals surface area contributed by atoms with Crippen molar-refractivity contribution in [2.45, 2.75) is 25.2 Å². The van der Waals surface area contributed by atoms with Gasteiger partial charge in [-0.2, -0.15) is 0 Å². The molecule has 0 unspecified atom stereocenters. The first-order valence-electron chi connectivity index (χ1n) is 10.3. The van der Waals surface area contributed by atoms with Gasteiger partial charge in [-0.3, -0.25) is 9.52 Å². The Bertz CT molecular complexity index is 1130. The minimum Gasteiger partial charge on any atom is -0.494 e. The van der Waals surface area contributed by atoms with Crippen LogP contribution in [-0.4, -0.2) is 27.5 Å². The van der Waals surface area contributed by atoms with Gasteiger partial charge in [0.25, 0.3) is 15.9 Å². The molecule has 0 radical (unpaired) electrons. The van der Waals surface area contributed by atoms with Crippen molar-refractivity contribution in [1.82, 2.24) is 0 Å². The van der Waals surface area contributed by atoms with E-state index in [-0.39, 0.29) is 17.4 Å². The summed E-state index contributed by atoms with van der Waals surface area (Å²) in [4.78, 5) is 12.2. The van der Waals surface area contributed by atoms with Gasteiger partial charge in [-0.05, 0) is 79.6 Å². The summed E-state index contributed by atoms with van der Waals surface area (Å²) in [5.74, 6) is 0.753. The Morgan fingerprint density at radius 1 is 0.781 bits per heavy atom. The molecule has 0 atom stereocenters. The van der Waals surface area contributed by atoms with E-state index in [1.807, 2.05) is 31.2 Å². The van der Waals surface area contributed by atoms with Crippen molar-refractivity contribution >= 4 is 27.3 Å². The number of rotatable bonds is 10. The molecule has 3 rings (SSSR count). The van der Waals surface area contributed by atoms with E-state index in [0.29, 0.717) is 29.5 Å². The van der Waals surface area contributed by atoms with Gasteiger partial charge in [0.2, 0.25) is 0 Å². The molecule has 8 heteroatoms. The molecule has 1 amide bonds. The predicted octanol–water partition coefficient (Wildman–Crippen LogP) is 4.47. The lowest BCUT2D eigenvalue weighted by molar-refractivity contribution is -0.118. The molecule has 7 nitrogen and oxygen atoms in total. The number of nitrogens with one attached hydrogen (secondary N) is 2. The summed E-state index contributed by atoms with van der Waals surface area (Å²) in [5, 5.41) is 2.76. The van der Waals surface area contributed by atoms with Crippen LogP contribution in [0.25, 0.3) is 0 Å². The Labute approximate surface area is 188 Å². The fraction of sp³-hybridized carbons (Fsp3) is 0.208. The molecular weight excluding hydrogens is 428 g/mol. The molecule has 2 N–H and O–H groups in total. The summed E-state index contributed by atoms with van der Waals surface area (Å²) in [7, 11) is -3.76. The van der Waals surface area contributed by atoms with Gasteiger partial charge in [0, 0.05) is 11.4 Å². The van der Waals surface area contributed by atoms with Gasteiger partial charge >= 0.3 is 0 Å². The van der Waals surface area contributed by atoms with E-state index in [1.54, 1.807) is 24.3 Å². The minimum absolute atomic E-state index is 0.0826. The molecule has 0 aliphatic rings. The van der Waals surface area contributed by atoms with Gasteiger partial charge in [-0.25, -0.2) is 8.42 Å². The van der Waals surface area contributed by atoms with Crippen LogP contribution in [0, 0.1) is 0 Å². The molecule has 0 spiro atoms. The zero-order valence-corrected chi connectivity index (χ0v) is 18.8. The summed E-state index contributed by atoms with van der Waals surface area (Å²) in [6.45, 7) is 4.29. The predicted molar refractivity (Wildman–Crippen MR) is 125 cm³/mol. The number of hydrogen-bond donors (Lipinski definition) is 2. The molecule has 3 aromatic rings. The molecule has 168 valence electrons. The number of hydrogen-bond acceptors (Lipinski definition) is 5. The zero-order chi connectivity index (χ0) is 23.0. The average Bonchev–Trinajstić information content (AvgIpc) is 2.80. The molecule has 0 fully saturated rings. The highest BCUT2D eigenvalue weighted by atomic mass is 32.2. The summed E-state index contributed by atoms with van der Waals surface area (Å²) in [6.07, 6.45) is 0.929. The quantitative estimate of drug-likeness (QED) is 0.472. The number of sulfonamides is 1. The van der Waals surface area contributed by atoms with Gasteiger partial charge < -0.3 is 14.8 Å². The number of benzene rings is 3. The maximum atomic E-state index is 12.6. The van der Waals surface area contributed by atoms with E-state index in [2.05, 4.69) is 17.0 Å². The lowest BCUT2D eigenvalue weighted by Gasteiger charge is -2.11. The monoisotopic (exact) mass is 454 g/mol. The smallest absolute Gasteiger partial charge is 0.262 e. The number of carbonyl (C=O) groups excluding carboxylic acids is 1. The van der Waals surface area contributed by atoms with Crippen molar-refractivity contribution in [3.63, 3.8) is 0 Å². The molecule has 0 aromatic heterocycles. The molecule has 0 saturated heterocycles. The highest BCUT2D eigenvalue weighted by molar-refractivity contribution is 7.92. The van der Waals surface area contributed by atoms with Crippen LogP contribution in [0.2, 0.25) is 0 Å². The van der Waals surface area contributed by atoms with Gasteiger partial charge in [0.05, 0.1) is 11.5 Å². The summed E-state index contributed by atoms with van der Waals surface area (Å²) < 4.78 is 38.5. The van der Waals surface area contributed by atoms with Crippen molar-refractivity contribution in [2.24, 2.45) is 0 Å². The van der Waals surface area contributed by atoms with Gasteiger partial charge in [-0.1, -0.05) is 19.1 Å². The van der Waals surface area contributed by atoms with E-state index in [4.69, 9.17) is 9.47 Å². The van der Waals surface area contributed by atoms with Crippen LogP contribution < -0.4 is 19.5 Å². The molecule has 0 bridgehead atoms. The van der Waals surface area contributed by atoms with E-state index >= 15 is 0 Å². The third-order valence-corrected chi connectivity index (χ3v) is 5.96. The Morgan fingerprint density at radius 2 is 1.34 bits per heavy atom. The maximum absolute atomic E-state index is 12.6. The molecule has 0 saturated carbocycles. The summed E-state index contributed by atoms with van der Waals surface area (Å²) in [6, 6.07) is 20.1. The number of anilines is 2. The second-order valence-corrected chi connectivity index (χ2v) is 8.60. The highest BCUT2D eigenvalue weighted by Crippen LogP contribution is 2.21. The number of carbonyl (C=O) groups is 1. The van der Waals surface area contributed by atoms with Gasteiger partial charge in [-0.15, -0.1) is 0 Å². The Balaban J connectivity index is 1.54. The average molecular weight is 455 g/mol. The molecule has 32 heavy (non-hydrogen) atoms. The van der Waals surface area contributed by atoms with Crippen LogP contribution in [0.4, 0.5) is 11.4 Å². The fourth-order valence-corrected chi connectivity index (χ4v) is 3.94. The SMILES string of the molecule is CCOc1ccc(NS(=O)(=O)c2ccc(OCC(=O)Nc3ccc(CC)cc3)cc2)cc1. The summed E-state index contributed by atoms with van der Waals surface area (Å²) in [5.41, 5.74) is 2.31. The van der Waals surface area contributed by atoms with Crippen molar-refractivity contribution in [2.75, 3.05) is 23.3 Å². The Morgan fingerprint density at radius 3 is 1.94 bits per heavy atom. The van der Waals surface area contributed by atoms with E-state index < -0.39 is 10.0 Å². The summed E-state index contributed by atoms with van der Waals surface area (Å²) >= 11 is 0. The topological polar surface area (TPSA) is 93.7 Å². The lowest BCUT2D eigenvalue weighted by Crippen LogP contribution is -2.20. The number of ether oxygens (including phenoxy) is 2. The van der Waals surface area contributed by atoms with Crippen molar-refractivity contribution < 1.29 is 22.7 Å². The van der Waals surface area contributed by atoms with Crippen LogP contribution >= 0.6 is 0 Å². The largest absolute Gasteiger partial charge is 0.494 e. The normalized spacial score (nSPS) is 10.9. The van der Waals surface area contributed by atoms with Crippen molar-refractivity contribution in [1.29, 1.82) is 0 Å². The lowest BCUT2D eigenvalue weighted by atomic mass is 10.1. The highest BCUT2D eigenvalue weighted by Gasteiger charge is 2.14. The fourth-order valence-electron chi connectivity index (χ4n) is 2.88. The standard InChI is InChI=1S/C24H26N2O5S/c1-3-18-5-7-19(8-6-18)25-24(27)17-31-22-13-15-23(16-14-22)32(28,29)26-20-9-11-21(12-10-20)30-4-2/h5-16,26H,3-4,17H2,1-2H3,(H,25,27). The molecule has 0 aliphatic carbocycles. The molecule has 0 aliphatic heterocycles. The second-order valence-electron chi connectivity index (χ2n) is 6.92. The number of aryl methyl sites for hydroxylation is 1. The van der Waals surface area contributed by atoms with Gasteiger partial charge in [0.15, 0.2) is 6.61 Å². The van der Waals surface area contributed by atoms with Crippen LogP contribution in [0.5, 0.6) is 11.5 Å². The first kappa shape index (κ1) is 23.1. The molecular formula is C24H26N2O5S. The Hall–Kier alpha value is -3.52. The first-order chi connectivity index (χ1) is 15.4. The van der Waals surface area contributed by atoms with Crippen molar-refractivity contribution in [3.05, 3.63) is 78.4 Å². The van der Waals surface area contributed by atoms with E-state index in [0.717, 1.165) is 6.42 Å². The number of amides is 1. The third-order valence-electron chi connectivity index (χ3n) is 4.57. The molecule has 0 heterocycles. The van der Waals surface area contributed by atoms with E-state index in [9.17, 15) is 13.2 Å². The van der Waals surface area contributed by atoms with Crippen LogP contribution in [-0.2, 0) is 21.2 Å². The second kappa shape index (κ2) is 10.7. The zero-order valence-electron chi connectivity index (χ0n) is 18.0. The van der Waals surface area contributed by atoms with Crippen molar-refractivity contribution in [3.8, 4) is 11.5 Å². The van der Waals surface area contributed by atoms with Crippen LogP contribution in [0.15, 0.2) is 77.7 Å². The minimum atomic E-state index is -3.76. The van der Waals surface area contributed by atoms with E-state index in [1.165, 1.54) is 29.8 Å². The van der Waals surface area contributed by atoms with Crippen LogP contribution in [0.3, 0.4) is 0 Å². The van der Waals surface area contributed by atoms with Gasteiger partial charge in [0.1, 0.15) is 11.5 Å². The van der Waals surface area contributed by atoms with Crippen LogP contribution in [0.1, 0.15) is 19.4 Å². The molecule has 3 aromatic carbocycles. The maximum Gasteiger partial charge on any atom is 0.262 e.